The van der Waals surface area contributed by atoms with Gasteiger partial charge in [-0.25, -0.2) is 0 Å². The molecular weight excluding hydrogens is 368 g/mol. The molecule has 26 heavy (non-hydrogen) atoms. The van der Waals surface area contributed by atoms with Gasteiger partial charge in [0, 0.05) is 6.04 Å². The third-order valence-electron chi connectivity index (χ3n) is 5.77. The predicted molar refractivity (Wildman–Crippen MR) is 118 cm³/mol. The van der Waals surface area contributed by atoms with Crippen LogP contribution in [0.25, 0.3) is 4.98 Å². The van der Waals surface area contributed by atoms with E-state index in [1.807, 2.05) is 0 Å². The normalized spacial score (nSPS) is 30.5. The maximum atomic E-state index is 5.34. The average molecular weight is 411 g/mol. The van der Waals surface area contributed by atoms with Gasteiger partial charge in [0.1, 0.15) is 0 Å². The monoisotopic (exact) mass is 410 g/mol. The molecule has 0 bridgehead atoms. The summed E-state index contributed by atoms with van der Waals surface area (Å²) in [4.78, 5) is 8.12. The Morgan fingerprint density at radius 2 is 1.42 bits per heavy atom. The van der Waals surface area contributed by atoms with Crippen molar-refractivity contribution in [3.8, 4) is 0 Å². The van der Waals surface area contributed by atoms with Crippen LogP contribution in [0, 0.1) is 34.1 Å². The van der Waals surface area contributed by atoms with Crippen molar-refractivity contribution in [3.05, 3.63) is 51.6 Å². The van der Waals surface area contributed by atoms with E-state index in [-0.39, 0.29) is 49.5 Å². The van der Waals surface area contributed by atoms with E-state index in [2.05, 4.69) is 63.1 Å². The van der Waals surface area contributed by atoms with Gasteiger partial charge in [-0.2, -0.15) is 0 Å². The Kier molecular flexibility index (Phi) is 11.8. The molecule has 1 saturated carbocycles. The average Bonchev–Trinajstić information content (AvgIpc) is 3.02. The Morgan fingerprint density at radius 1 is 0.923 bits per heavy atom. The number of nitrogens with zero attached hydrogens (tertiary/aromatic N) is 2. The largest absolute Gasteiger partial charge is 4.00 e. The Hall–Kier alpha value is 0.331. The molecule has 0 N–H and O–H groups in total. The van der Waals surface area contributed by atoms with Crippen LogP contribution in [0.15, 0.2) is 24.3 Å². The van der Waals surface area contributed by atoms with Crippen molar-refractivity contribution in [1.29, 1.82) is 0 Å². The van der Waals surface area contributed by atoms with Crippen molar-refractivity contribution in [3.63, 3.8) is 0 Å². The second-order valence-electron chi connectivity index (χ2n) is 9.01. The first-order valence-electron chi connectivity index (χ1n) is 9.11. The number of fused-ring (bicyclic) bond motifs is 1. The molecular formula is C22H42N2SiTi. The molecule has 0 spiro atoms. The van der Waals surface area contributed by atoms with Gasteiger partial charge in [0.05, 0.1) is 0 Å². The number of hydrogen-bond donors (Lipinski definition) is 0. The molecule has 2 fully saturated rings. The van der Waals surface area contributed by atoms with Crippen LogP contribution in [0.4, 0.5) is 0 Å². The van der Waals surface area contributed by atoms with Gasteiger partial charge >= 0.3 is 21.7 Å². The van der Waals surface area contributed by atoms with E-state index >= 15 is 0 Å². The molecule has 0 aromatic carbocycles. The number of allylic oxidation sites excluding steroid dienone is 3. The van der Waals surface area contributed by atoms with Gasteiger partial charge in [0.15, 0.2) is 0 Å². The maximum Gasteiger partial charge on any atom is 4.00 e. The van der Waals surface area contributed by atoms with Gasteiger partial charge < -0.3 is 27.3 Å². The van der Waals surface area contributed by atoms with Crippen LogP contribution in [-0.2, 0) is 21.7 Å². The van der Waals surface area contributed by atoms with E-state index in [9.17, 15) is 0 Å². The van der Waals surface area contributed by atoms with Crippen molar-refractivity contribution < 1.29 is 21.7 Å². The first kappa shape index (κ1) is 28.5. The molecule has 4 atom stereocenters. The zero-order valence-electron chi connectivity index (χ0n) is 18.5. The second kappa shape index (κ2) is 10.8. The molecule has 2 aliphatic carbocycles. The molecule has 1 saturated heterocycles. The molecule has 0 amide bonds. The third kappa shape index (κ3) is 6.17. The number of hydrogen-bond acceptors (Lipinski definition) is 1. The Labute approximate surface area is 181 Å². The zero-order chi connectivity index (χ0) is 16.0. The van der Waals surface area contributed by atoms with E-state index in [1.54, 1.807) is 0 Å². The first-order chi connectivity index (χ1) is 10.3. The molecule has 4 unspecified atom stereocenters. The minimum absolute atomic E-state index is 0. The van der Waals surface area contributed by atoms with Crippen LogP contribution in [0.1, 0.15) is 40.0 Å². The summed E-state index contributed by atoms with van der Waals surface area (Å²) >= 11 is 0. The summed E-state index contributed by atoms with van der Waals surface area (Å²) in [5.74, 6) is 1.46. The molecule has 1 heterocycles. The Bertz CT molecular complexity index is 461. The molecule has 4 heteroatoms. The third-order valence-corrected chi connectivity index (χ3v) is 9.45. The van der Waals surface area contributed by atoms with E-state index in [0.29, 0.717) is 0 Å². The van der Waals surface area contributed by atoms with Crippen molar-refractivity contribution in [2.75, 3.05) is 13.1 Å². The summed E-state index contributed by atoms with van der Waals surface area (Å²) in [5, 5.41) is 0. The minimum Gasteiger partial charge on any atom is -0.660 e. The summed E-state index contributed by atoms with van der Waals surface area (Å²) in [6.07, 6.45) is 13.7. The minimum atomic E-state index is -1.59. The van der Waals surface area contributed by atoms with Gasteiger partial charge in [-0.1, -0.05) is 71.9 Å². The molecule has 148 valence electrons. The van der Waals surface area contributed by atoms with Crippen molar-refractivity contribution in [2.45, 2.75) is 70.2 Å². The van der Waals surface area contributed by atoms with Crippen LogP contribution in [0.5, 0.6) is 0 Å². The second-order valence-corrected chi connectivity index (χ2v) is 13.3. The molecule has 3 aliphatic rings. The molecule has 3 rings (SSSR count). The summed E-state index contributed by atoms with van der Waals surface area (Å²) in [6, 6.07) is 0.764. The summed E-state index contributed by atoms with van der Waals surface area (Å²) in [6.45, 7) is 14.4. The molecule has 1 aliphatic heterocycles. The number of likely N-dealkylation sites (tertiary alicyclic amines) is 1. The maximum absolute atomic E-state index is 5.34. The molecule has 0 aromatic heterocycles. The van der Waals surface area contributed by atoms with E-state index < -0.39 is 8.24 Å². The van der Waals surface area contributed by atoms with Gasteiger partial charge in [-0.3, -0.25) is 4.90 Å². The van der Waals surface area contributed by atoms with Crippen LogP contribution in [0.3, 0.4) is 0 Å². The predicted octanol–water partition coefficient (Wildman–Crippen LogP) is 6.31. The SMILES string of the molecule is CC(C)(C)[N-][Si](C)(C)C1CC(N2CCCC2)C2C=CC=CC21.[CH3-].[CH3-].[CH3-].[Ti+4]. The van der Waals surface area contributed by atoms with Crippen molar-refractivity contribution >= 4 is 8.24 Å². The standard InChI is InChI=1S/C19H33N2Si.3CH3.Ti/c1-19(2,3)20-22(4,5)18-14-17(21-12-8-9-13-21)15-10-6-7-11-16(15)18;;;;/h6-7,10-11,15-18H,8-9,12-14H2,1-5H3;3*1H3;/q4*-1;+4. The molecule has 0 aromatic rings. The Balaban J connectivity index is 0. The van der Waals surface area contributed by atoms with Gasteiger partial charge in [-0.05, 0) is 44.2 Å². The van der Waals surface area contributed by atoms with Gasteiger partial charge in [-0.15, -0.1) is 5.54 Å². The van der Waals surface area contributed by atoms with Crippen LogP contribution >= 0.6 is 0 Å². The zero-order valence-corrected chi connectivity index (χ0v) is 21.1. The van der Waals surface area contributed by atoms with Crippen molar-refractivity contribution in [1.82, 2.24) is 4.90 Å². The van der Waals surface area contributed by atoms with Gasteiger partial charge in [0.2, 0.25) is 0 Å². The molecule has 2 nitrogen and oxygen atoms in total. The topological polar surface area (TPSA) is 17.3 Å². The van der Waals surface area contributed by atoms with Crippen LogP contribution in [-0.4, -0.2) is 37.8 Å². The fourth-order valence-electron chi connectivity index (χ4n) is 5.18. The van der Waals surface area contributed by atoms with Gasteiger partial charge in [0.25, 0.3) is 0 Å². The van der Waals surface area contributed by atoms with Crippen molar-refractivity contribution in [2.24, 2.45) is 11.8 Å². The summed E-state index contributed by atoms with van der Waals surface area (Å²) in [5.41, 5.74) is 0.897. The van der Waals surface area contributed by atoms with E-state index in [4.69, 9.17) is 4.98 Å². The first-order valence-corrected chi connectivity index (χ1v) is 12.1. The Morgan fingerprint density at radius 3 is 1.92 bits per heavy atom. The van der Waals surface area contributed by atoms with E-state index in [1.165, 1.54) is 32.4 Å². The fourth-order valence-corrected chi connectivity index (χ4v) is 9.16. The summed E-state index contributed by atoms with van der Waals surface area (Å²) in [7, 11) is -1.59. The van der Waals surface area contributed by atoms with E-state index in [0.717, 1.165) is 23.4 Å². The van der Waals surface area contributed by atoms with Crippen LogP contribution < -0.4 is 0 Å². The quantitative estimate of drug-likeness (QED) is 0.394. The fraction of sp³-hybridized carbons (Fsp3) is 0.682. The molecule has 0 radical (unpaired) electrons. The summed E-state index contributed by atoms with van der Waals surface area (Å²) < 4.78 is 0. The number of rotatable bonds is 3. The smallest absolute Gasteiger partial charge is 0.660 e. The van der Waals surface area contributed by atoms with Crippen LogP contribution in [0.2, 0.25) is 18.6 Å².